The second-order valence-corrected chi connectivity index (χ2v) is 4.97. The lowest BCUT2D eigenvalue weighted by Gasteiger charge is -2.14. The number of hydrogen-bond donors (Lipinski definition) is 2. The molecule has 2 rings (SSSR count). The zero-order valence-electron chi connectivity index (χ0n) is 10.2. The highest BCUT2D eigenvalue weighted by Gasteiger charge is 2.19. The normalized spacial score (nSPS) is 12.6. The van der Waals surface area contributed by atoms with Gasteiger partial charge in [0, 0.05) is 11.1 Å². The monoisotopic (exact) mass is 267 g/mol. The predicted molar refractivity (Wildman–Crippen MR) is 68.4 cm³/mol. The van der Waals surface area contributed by atoms with Crippen LogP contribution in [0, 0.1) is 13.8 Å². The highest BCUT2D eigenvalue weighted by Crippen LogP contribution is 2.24. The quantitative estimate of drug-likeness (QED) is 0.847. The fraction of sp³-hybridized carbons (Fsp3) is 0.364. The van der Waals surface area contributed by atoms with Gasteiger partial charge in [0.15, 0.2) is 0 Å². The van der Waals surface area contributed by atoms with E-state index in [1.807, 2.05) is 12.3 Å². The summed E-state index contributed by atoms with van der Waals surface area (Å²) in [7, 11) is 0. The minimum absolute atomic E-state index is 0.120. The number of thiazole rings is 1. The molecule has 0 bridgehead atoms. The number of H-pyrrole nitrogens is 1. The molecule has 0 aromatic carbocycles. The molecule has 96 valence electrons. The van der Waals surface area contributed by atoms with Crippen molar-refractivity contribution in [2.24, 2.45) is 0 Å². The number of aromatic amines is 1. The Morgan fingerprint density at radius 1 is 1.44 bits per heavy atom. The van der Waals surface area contributed by atoms with Gasteiger partial charge >= 0.3 is 5.69 Å². The topological polar surface area (TPSA) is 88.0 Å². The molecule has 0 spiro atoms. The van der Waals surface area contributed by atoms with Gasteiger partial charge in [-0.3, -0.25) is 14.3 Å². The average Bonchev–Trinajstić information content (AvgIpc) is 2.73. The van der Waals surface area contributed by atoms with Crippen LogP contribution in [0.25, 0.3) is 0 Å². The smallest absolute Gasteiger partial charge is 0.331 e. The first-order valence-corrected chi connectivity index (χ1v) is 6.26. The number of nitrogens with zero attached hydrogens (tertiary/aromatic N) is 2. The van der Waals surface area contributed by atoms with Gasteiger partial charge in [-0.25, -0.2) is 9.78 Å². The van der Waals surface area contributed by atoms with E-state index >= 15 is 0 Å². The highest BCUT2D eigenvalue weighted by molar-refractivity contribution is 7.09. The Morgan fingerprint density at radius 2 is 2.11 bits per heavy atom. The number of aromatic nitrogens is 3. The molecule has 0 radical (unpaired) electrons. The molecular weight excluding hydrogens is 254 g/mol. The zero-order valence-corrected chi connectivity index (χ0v) is 11.0. The molecule has 1 atom stereocenters. The lowest BCUT2D eigenvalue weighted by Crippen LogP contribution is -2.33. The fourth-order valence-electron chi connectivity index (χ4n) is 1.66. The third kappa shape index (κ3) is 1.97. The van der Waals surface area contributed by atoms with Crippen LogP contribution in [0.2, 0.25) is 0 Å². The molecule has 0 saturated carbocycles. The molecule has 7 heteroatoms. The van der Waals surface area contributed by atoms with Crippen LogP contribution in [0.15, 0.2) is 15.0 Å². The van der Waals surface area contributed by atoms with Gasteiger partial charge in [-0.15, -0.1) is 11.3 Å². The Kier molecular flexibility index (Phi) is 3.08. The lowest BCUT2D eigenvalue weighted by atomic mass is 10.3. The highest BCUT2D eigenvalue weighted by atomic mass is 32.1. The van der Waals surface area contributed by atoms with Crippen LogP contribution < -0.4 is 11.2 Å². The van der Waals surface area contributed by atoms with E-state index in [1.54, 1.807) is 6.92 Å². The van der Waals surface area contributed by atoms with E-state index in [-0.39, 0.29) is 11.4 Å². The summed E-state index contributed by atoms with van der Waals surface area (Å²) in [5, 5.41) is 12.5. The predicted octanol–water partition coefficient (Wildman–Crippen LogP) is 0.925. The van der Waals surface area contributed by atoms with Crippen molar-refractivity contribution in [1.29, 1.82) is 0 Å². The lowest BCUT2D eigenvalue weighted by molar-refractivity contribution is 0.384. The van der Waals surface area contributed by atoms with E-state index in [0.717, 1.165) is 10.3 Å². The second kappa shape index (κ2) is 4.41. The first kappa shape index (κ1) is 12.6. The van der Waals surface area contributed by atoms with E-state index in [1.165, 1.54) is 18.3 Å². The SMILES string of the molecule is Cc1csc(C(C)n2c(O)c(C)c(=O)[nH]c2=O)n1. The fourth-order valence-corrected chi connectivity index (χ4v) is 2.51. The number of hydrogen-bond acceptors (Lipinski definition) is 5. The molecule has 2 aromatic rings. The van der Waals surface area contributed by atoms with Crippen LogP contribution in [0.4, 0.5) is 0 Å². The van der Waals surface area contributed by atoms with Gasteiger partial charge in [0.2, 0.25) is 5.88 Å². The van der Waals surface area contributed by atoms with E-state index in [0.29, 0.717) is 5.01 Å². The van der Waals surface area contributed by atoms with Crippen LogP contribution in [0.3, 0.4) is 0 Å². The van der Waals surface area contributed by atoms with Gasteiger partial charge in [-0.05, 0) is 20.8 Å². The zero-order chi connectivity index (χ0) is 13.4. The molecule has 0 saturated heterocycles. The maximum absolute atomic E-state index is 11.8. The molecule has 18 heavy (non-hydrogen) atoms. The summed E-state index contributed by atoms with van der Waals surface area (Å²) in [6.07, 6.45) is 0. The summed E-state index contributed by atoms with van der Waals surface area (Å²) in [5.74, 6) is -0.316. The molecule has 1 unspecified atom stereocenters. The standard InChI is InChI=1S/C11H13N3O3S/c1-5-4-18-9(12-5)7(3)14-10(16)6(2)8(15)13-11(14)17/h4,7,16H,1-3H3,(H,13,15,17). The summed E-state index contributed by atoms with van der Waals surface area (Å²) in [6, 6.07) is -0.424. The van der Waals surface area contributed by atoms with Crippen molar-refractivity contribution in [3.05, 3.63) is 42.5 Å². The first-order valence-electron chi connectivity index (χ1n) is 5.38. The van der Waals surface area contributed by atoms with Crippen molar-refractivity contribution in [2.45, 2.75) is 26.8 Å². The molecule has 0 aliphatic rings. The molecule has 6 nitrogen and oxygen atoms in total. The van der Waals surface area contributed by atoms with Gasteiger partial charge in [-0.1, -0.05) is 0 Å². The van der Waals surface area contributed by atoms with Crippen molar-refractivity contribution >= 4 is 11.3 Å². The van der Waals surface area contributed by atoms with E-state index in [2.05, 4.69) is 9.97 Å². The Balaban J connectivity index is 2.62. The van der Waals surface area contributed by atoms with Crippen LogP contribution in [0.5, 0.6) is 5.88 Å². The number of aryl methyl sites for hydroxylation is 1. The molecular formula is C11H13N3O3S. The summed E-state index contributed by atoms with van der Waals surface area (Å²) in [5.41, 5.74) is -0.231. The number of nitrogens with one attached hydrogen (secondary N) is 1. The maximum atomic E-state index is 11.8. The number of aromatic hydroxyl groups is 1. The van der Waals surface area contributed by atoms with E-state index < -0.39 is 17.3 Å². The minimum atomic E-state index is -0.636. The van der Waals surface area contributed by atoms with Crippen molar-refractivity contribution in [3.8, 4) is 5.88 Å². The van der Waals surface area contributed by atoms with E-state index in [9.17, 15) is 14.7 Å². The van der Waals surface area contributed by atoms with Crippen molar-refractivity contribution in [3.63, 3.8) is 0 Å². The Hall–Kier alpha value is -1.89. The third-order valence-corrected chi connectivity index (χ3v) is 3.86. The van der Waals surface area contributed by atoms with Crippen molar-refractivity contribution < 1.29 is 5.11 Å². The molecule has 0 aliphatic heterocycles. The van der Waals surface area contributed by atoms with Crippen LogP contribution in [-0.2, 0) is 0 Å². The molecule has 2 N–H and O–H groups in total. The van der Waals surface area contributed by atoms with Crippen molar-refractivity contribution in [2.75, 3.05) is 0 Å². The van der Waals surface area contributed by atoms with Crippen LogP contribution >= 0.6 is 11.3 Å². The Labute approximate surface area is 107 Å². The van der Waals surface area contributed by atoms with Gasteiger partial charge < -0.3 is 5.11 Å². The van der Waals surface area contributed by atoms with Gasteiger partial charge in [0.25, 0.3) is 5.56 Å². The first-order chi connectivity index (χ1) is 8.41. The Bertz CT molecular complexity index is 698. The van der Waals surface area contributed by atoms with Crippen LogP contribution in [0.1, 0.15) is 29.2 Å². The largest absolute Gasteiger partial charge is 0.494 e. The second-order valence-electron chi connectivity index (χ2n) is 4.08. The minimum Gasteiger partial charge on any atom is -0.494 e. The molecule has 0 amide bonds. The average molecular weight is 267 g/mol. The third-order valence-electron chi connectivity index (χ3n) is 2.72. The molecule has 2 aromatic heterocycles. The maximum Gasteiger partial charge on any atom is 0.331 e. The van der Waals surface area contributed by atoms with Crippen LogP contribution in [-0.4, -0.2) is 19.6 Å². The summed E-state index contributed by atoms with van der Waals surface area (Å²) in [6.45, 7) is 5.06. The summed E-state index contributed by atoms with van der Waals surface area (Å²) in [4.78, 5) is 29.5. The molecule has 0 aliphatic carbocycles. The molecule has 0 fully saturated rings. The van der Waals surface area contributed by atoms with Crippen molar-refractivity contribution in [1.82, 2.24) is 14.5 Å². The summed E-state index contributed by atoms with van der Waals surface area (Å²) < 4.78 is 1.13. The van der Waals surface area contributed by atoms with Gasteiger partial charge in [0.05, 0.1) is 11.6 Å². The Morgan fingerprint density at radius 3 is 2.67 bits per heavy atom. The van der Waals surface area contributed by atoms with Gasteiger partial charge in [0.1, 0.15) is 5.01 Å². The summed E-state index contributed by atoms with van der Waals surface area (Å²) >= 11 is 1.41. The number of rotatable bonds is 2. The molecule has 2 heterocycles. The van der Waals surface area contributed by atoms with E-state index in [4.69, 9.17) is 0 Å². The van der Waals surface area contributed by atoms with Gasteiger partial charge in [-0.2, -0.15) is 0 Å².